The topological polar surface area (TPSA) is 87.6 Å². The minimum atomic E-state index is -0.465. The van der Waals surface area contributed by atoms with Gasteiger partial charge in [0.05, 0.1) is 18.8 Å². The van der Waals surface area contributed by atoms with Crippen LogP contribution in [-0.2, 0) is 9.47 Å². The van der Waals surface area contributed by atoms with E-state index in [1.165, 1.54) is 12.1 Å². The summed E-state index contributed by atoms with van der Waals surface area (Å²) in [6.07, 6.45) is 0. The molecule has 0 heterocycles. The van der Waals surface area contributed by atoms with Gasteiger partial charge in [-0.05, 0) is 25.1 Å². The van der Waals surface area contributed by atoms with Crippen LogP contribution in [-0.4, -0.2) is 25.8 Å². The maximum atomic E-state index is 11.6. The molecule has 0 saturated heterocycles. The largest absolute Gasteiger partial charge is 0.460 e. The number of esters is 1. The van der Waals surface area contributed by atoms with Crippen molar-refractivity contribution < 1.29 is 14.3 Å². The minimum absolute atomic E-state index is 0.181. The fourth-order valence-electron chi connectivity index (χ4n) is 1.32. The van der Waals surface area contributed by atoms with E-state index < -0.39 is 5.97 Å². The maximum absolute atomic E-state index is 11.6. The van der Waals surface area contributed by atoms with Gasteiger partial charge in [-0.25, -0.2) is 4.79 Å². The van der Waals surface area contributed by atoms with Crippen LogP contribution in [0.25, 0.3) is 0 Å². The van der Waals surface area contributed by atoms with Crippen LogP contribution in [0.3, 0.4) is 0 Å². The highest BCUT2D eigenvalue weighted by Gasteiger charge is 2.08. The first-order chi connectivity index (χ1) is 8.49. The Morgan fingerprint density at radius 2 is 1.83 bits per heavy atom. The molecule has 0 aliphatic rings. The van der Waals surface area contributed by atoms with E-state index in [0.717, 1.165) is 5.57 Å². The Morgan fingerprint density at radius 1 is 1.22 bits per heavy atom. The number of rotatable bonds is 6. The minimum Gasteiger partial charge on any atom is -0.460 e. The zero-order chi connectivity index (χ0) is 13.5. The lowest BCUT2D eigenvalue weighted by Crippen LogP contribution is -2.12. The Hall–Kier alpha value is -2.01. The summed E-state index contributed by atoms with van der Waals surface area (Å²) in [5.74, 6) is -0.465. The Balaban J connectivity index is 2.38. The number of hydrogen-bond donors (Lipinski definition) is 2. The zero-order valence-electron chi connectivity index (χ0n) is 10.4. The second kappa shape index (κ2) is 6.66. The van der Waals surface area contributed by atoms with Gasteiger partial charge in [0.2, 0.25) is 0 Å². The van der Waals surface area contributed by atoms with Gasteiger partial charge in [-0.1, -0.05) is 12.2 Å². The van der Waals surface area contributed by atoms with Gasteiger partial charge < -0.3 is 20.9 Å². The predicted octanol–water partition coefficient (Wildman–Crippen LogP) is 1.60. The highest BCUT2D eigenvalue weighted by molar-refractivity contribution is 5.91. The Kier molecular flexibility index (Phi) is 5.20. The molecule has 0 aliphatic heterocycles. The molecule has 0 amide bonds. The first kappa shape index (κ1) is 14.1. The number of carbonyl (C=O) groups excluding carboxylic acids is 1. The first-order valence-corrected chi connectivity index (χ1v) is 5.54. The molecule has 0 radical (unpaired) electrons. The smallest absolute Gasteiger partial charge is 0.338 e. The van der Waals surface area contributed by atoms with E-state index in [-0.39, 0.29) is 6.61 Å². The fraction of sp³-hybridized carbons (Fsp3) is 0.308. The average Bonchev–Trinajstić information content (AvgIpc) is 2.26. The van der Waals surface area contributed by atoms with Crippen molar-refractivity contribution >= 4 is 17.3 Å². The molecule has 5 nitrogen and oxygen atoms in total. The van der Waals surface area contributed by atoms with Crippen molar-refractivity contribution in [1.29, 1.82) is 0 Å². The number of carbonyl (C=O) groups is 1. The summed E-state index contributed by atoms with van der Waals surface area (Å²) in [7, 11) is 0. The summed E-state index contributed by atoms with van der Waals surface area (Å²) >= 11 is 0. The van der Waals surface area contributed by atoms with Crippen LogP contribution in [0.15, 0.2) is 30.4 Å². The van der Waals surface area contributed by atoms with E-state index in [4.69, 9.17) is 20.9 Å². The number of ether oxygens (including phenoxy) is 2. The van der Waals surface area contributed by atoms with Crippen LogP contribution in [0.2, 0.25) is 0 Å². The lowest BCUT2D eigenvalue weighted by molar-refractivity contribution is 0.0347. The molecule has 98 valence electrons. The van der Waals surface area contributed by atoms with Gasteiger partial charge in [0, 0.05) is 11.4 Å². The van der Waals surface area contributed by atoms with E-state index in [0.29, 0.717) is 30.2 Å². The molecule has 0 spiro atoms. The van der Waals surface area contributed by atoms with Crippen LogP contribution in [0.5, 0.6) is 0 Å². The monoisotopic (exact) mass is 250 g/mol. The van der Waals surface area contributed by atoms with E-state index in [2.05, 4.69) is 6.58 Å². The van der Waals surface area contributed by atoms with Crippen molar-refractivity contribution in [2.45, 2.75) is 6.92 Å². The summed E-state index contributed by atoms with van der Waals surface area (Å²) in [5.41, 5.74) is 13.3. The second-order valence-electron chi connectivity index (χ2n) is 4.03. The summed E-state index contributed by atoms with van der Waals surface area (Å²) in [4.78, 5) is 11.6. The van der Waals surface area contributed by atoms with E-state index in [1.54, 1.807) is 6.07 Å². The van der Waals surface area contributed by atoms with Crippen LogP contribution >= 0.6 is 0 Å². The van der Waals surface area contributed by atoms with Crippen molar-refractivity contribution in [3.8, 4) is 0 Å². The number of hydrogen-bond acceptors (Lipinski definition) is 5. The maximum Gasteiger partial charge on any atom is 0.338 e. The molecule has 0 atom stereocenters. The van der Waals surface area contributed by atoms with Gasteiger partial charge >= 0.3 is 5.97 Å². The molecule has 1 aromatic rings. The van der Waals surface area contributed by atoms with Crippen molar-refractivity contribution in [1.82, 2.24) is 0 Å². The highest BCUT2D eigenvalue weighted by Crippen LogP contribution is 2.14. The number of benzene rings is 1. The Bertz CT molecular complexity index is 424. The van der Waals surface area contributed by atoms with Gasteiger partial charge in [0.15, 0.2) is 0 Å². The SMILES string of the molecule is C=C(C)COCCOC(=O)c1cc(N)cc(N)c1. The third-order valence-electron chi connectivity index (χ3n) is 2.02. The molecule has 0 bridgehead atoms. The first-order valence-electron chi connectivity index (χ1n) is 5.54. The van der Waals surface area contributed by atoms with E-state index in [9.17, 15) is 4.79 Å². The lowest BCUT2D eigenvalue weighted by Gasteiger charge is -2.07. The van der Waals surface area contributed by atoms with Gasteiger partial charge in [-0.2, -0.15) is 0 Å². The Labute approximate surface area is 106 Å². The van der Waals surface area contributed by atoms with Crippen LogP contribution in [0.4, 0.5) is 11.4 Å². The molecule has 18 heavy (non-hydrogen) atoms. The summed E-state index contributed by atoms with van der Waals surface area (Å²) in [5, 5.41) is 0. The van der Waals surface area contributed by atoms with E-state index in [1.807, 2.05) is 6.92 Å². The molecule has 0 fully saturated rings. The number of anilines is 2. The van der Waals surface area contributed by atoms with Gasteiger partial charge in [0.25, 0.3) is 0 Å². The molecule has 4 N–H and O–H groups in total. The van der Waals surface area contributed by atoms with Crippen molar-refractivity contribution in [3.05, 3.63) is 35.9 Å². The fourth-order valence-corrected chi connectivity index (χ4v) is 1.32. The predicted molar refractivity (Wildman–Crippen MR) is 71.2 cm³/mol. The summed E-state index contributed by atoms with van der Waals surface area (Å²) in [6.45, 7) is 6.53. The molecule has 0 aromatic heterocycles. The molecule has 1 aromatic carbocycles. The normalized spacial score (nSPS) is 10.1. The second-order valence-corrected chi connectivity index (χ2v) is 4.03. The van der Waals surface area contributed by atoms with E-state index >= 15 is 0 Å². The van der Waals surface area contributed by atoms with Gasteiger partial charge in [-0.15, -0.1) is 0 Å². The zero-order valence-corrected chi connectivity index (χ0v) is 10.4. The molecule has 0 unspecified atom stereocenters. The third-order valence-corrected chi connectivity index (χ3v) is 2.02. The van der Waals surface area contributed by atoms with Crippen LogP contribution < -0.4 is 11.5 Å². The van der Waals surface area contributed by atoms with Crippen molar-refractivity contribution in [3.63, 3.8) is 0 Å². The third kappa shape index (κ3) is 4.88. The standard InChI is InChI=1S/C13H18N2O3/c1-9(2)8-17-3-4-18-13(16)10-5-11(14)7-12(15)6-10/h5-7H,1,3-4,8,14-15H2,2H3. The molecule has 1 rings (SSSR count). The molecule has 0 saturated carbocycles. The van der Waals surface area contributed by atoms with Gasteiger partial charge in [-0.3, -0.25) is 0 Å². The van der Waals surface area contributed by atoms with Crippen LogP contribution in [0, 0.1) is 0 Å². The average molecular weight is 250 g/mol. The lowest BCUT2D eigenvalue weighted by atomic mass is 10.2. The highest BCUT2D eigenvalue weighted by atomic mass is 16.6. The molecular formula is C13H18N2O3. The summed E-state index contributed by atoms with van der Waals surface area (Å²) in [6, 6.07) is 4.62. The van der Waals surface area contributed by atoms with Crippen LogP contribution in [0.1, 0.15) is 17.3 Å². The van der Waals surface area contributed by atoms with Crippen molar-refractivity contribution in [2.75, 3.05) is 31.3 Å². The molecule has 0 aliphatic carbocycles. The number of nitrogens with two attached hydrogens (primary N) is 2. The Morgan fingerprint density at radius 3 is 2.39 bits per heavy atom. The summed E-state index contributed by atoms with van der Waals surface area (Å²) < 4.78 is 10.2. The number of nitrogen functional groups attached to an aromatic ring is 2. The van der Waals surface area contributed by atoms with Gasteiger partial charge in [0.1, 0.15) is 6.61 Å². The van der Waals surface area contributed by atoms with Crippen molar-refractivity contribution in [2.24, 2.45) is 0 Å². The molecule has 5 heteroatoms. The molecular weight excluding hydrogens is 232 g/mol. The quantitative estimate of drug-likeness (QED) is 0.346.